The molecule has 6 heteroatoms. The number of hydrogen-bond acceptors (Lipinski definition) is 6. The van der Waals surface area contributed by atoms with Gasteiger partial charge in [0.05, 0.1) is 11.8 Å². The van der Waals surface area contributed by atoms with Crippen molar-refractivity contribution in [1.29, 1.82) is 0 Å². The Labute approximate surface area is 105 Å². The van der Waals surface area contributed by atoms with Gasteiger partial charge in [0.1, 0.15) is 25.1 Å². The molecular formula is C12H15N5O. The van der Waals surface area contributed by atoms with Gasteiger partial charge in [0, 0.05) is 5.70 Å². The Hall–Kier alpha value is -2.37. The summed E-state index contributed by atoms with van der Waals surface area (Å²) in [6, 6.07) is 0. The summed E-state index contributed by atoms with van der Waals surface area (Å²) in [4.78, 5) is 12.7. The summed E-state index contributed by atoms with van der Waals surface area (Å²) in [6.07, 6.45) is 11.2. The zero-order valence-corrected chi connectivity index (χ0v) is 10.1. The Morgan fingerprint density at radius 1 is 1.44 bits per heavy atom. The van der Waals surface area contributed by atoms with Gasteiger partial charge in [-0.3, -0.25) is 0 Å². The molecule has 1 aliphatic carbocycles. The van der Waals surface area contributed by atoms with Crippen LogP contribution in [0.4, 0.5) is 11.6 Å². The second-order valence-corrected chi connectivity index (χ2v) is 3.70. The summed E-state index contributed by atoms with van der Waals surface area (Å²) in [7, 11) is 1.47. The number of rotatable bonds is 4. The molecule has 0 spiro atoms. The molecule has 1 heterocycles. The van der Waals surface area contributed by atoms with E-state index in [2.05, 4.69) is 37.4 Å². The van der Waals surface area contributed by atoms with Gasteiger partial charge in [0.25, 0.3) is 0 Å². The molecule has 0 saturated carbocycles. The molecule has 0 atom stereocenters. The monoisotopic (exact) mass is 245 g/mol. The maximum Gasteiger partial charge on any atom is 0.144 e. The third-order valence-corrected chi connectivity index (χ3v) is 2.46. The van der Waals surface area contributed by atoms with Crippen molar-refractivity contribution in [3.63, 3.8) is 0 Å². The summed E-state index contributed by atoms with van der Waals surface area (Å²) in [5.74, 6) is 0.967. The molecular weight excluding hydrogens is 230 g/mol. The topological polar surface area (TPSA) is 85.4 Å². The van der Waals surface area contributed by atoms with Crippen LogP contribution in [0.1, 0.15) is 18.4 Å². The second-order valence-electron chi connectivity index (χ2n) is 3.70. The van der Waals surface area contributed by atoms with Gasteiger partial charge in [-0.1, -0.05) is 17.3 Å². The van der Waals surface area contributed by atoms with E-state index in [0.717, 1.165) is 18.5 Å². The average Bonchev–Trinajstić information content (AvgIpc) is 2.39. The SMILES string of the molecule is CON=Cc1c(N)ncnc1NC1=CCCC=C1. The van der Waals surface area contributed by atoms with Crippen LogP contribution in [-0.4, -0.2) is 23.3 Å². The van der Waals surface area contributed by atoms with E-state index < -0.39 is 0 Å². The highest BCUT2D eigenvalue weighted by Gasteiger charge is 2.08. The van der Waals surface area contributed by atoms with Gasteiger partial charge in [-0.15, -0.1) is 0 Å². The highest BCUT2D eigenvalue weighted by molar-refractivity contribution is 5.91. The van der Waals surface area contributed by atoms with Crippen LogP contribution in [-0.2, 0) is 4.84 Å². The van der Waals surface area contributed by atoms with Gasteiger partial charge in [0.15, 0.2) is 0 Å². The van der Waals surface area contributed by atoms with Gasteiger partial charge >= 0.3 is 0 Å². The molecule has 0 fully saturated rings. The number of nitrogens with zero attached hydrogens (tertiary/aromatic N) is 3. The molecule has 0 aliphatic heterocycles. The first-order valence-corrected chi connectivity index (χ1v) is 5.62. The molecule has 0 saturated heterocycles. The minimum absolute atomic E-state index is 0.355. The van der Waals surface area contributed by atoms with Crippen molar-refractivity contribution in [2.24, 2.45) is 5.16 Å². The van der Waals surface area contributed by atoms with Crippen LogP contribution in [0.3, 0.4) is 0 Å². The van der Waals surface area contributed by atoms with E-state index in [4.69, 9.17) is 5.73 Å². The molecule has 94 valence electrons. The molecule has 1 aliphatic rings. The summed E-state index contributed by atoms with van der Waals surface area (Å²) >= 11 is 0. The van der Waals surface area contributed by atoms with Crippen molar-refractivity contribution in [1.82, 2.24) is 9.97 Å². The Balaban J connectivity index is 2.26. The normalized spacial score (nSPS) is 14.6. The number of oxime groups is 1. The van der Waals surface area contributed by atoms with Gasteiger partial charge in [0.2, 0.25) is 0 Å². The molecule has 1 aromatic rings. The molecule has 0 radical (unpaired) electrons. The first-order valence-electron chi connectivity index (χ1n) is 5.62. The van der Waals surface area contributed by atoms with Gasteiger partial charge in [-0.2, -0.15) is 0 Å². The fourth-order valence-corrected chi connectivity index (χ4v) is 1.58. The number of aromatic nitrogens is 2. The van der Waals surface area contributed by atoms with E-state index in [0.29, 0.717) is 17.2 Å². The predicted octanol–water partition coefficient (Wildman–Crippen LogP) is 1.68. The van der Waals surface area contributed by atoms with Crippen molar-refractivity contribution in [3.05, 3.63) is 35.8 Å². The molecule has 18 heavy (non-hydrogen) atoms. The van der Waals surface area contributed by atoms with Crippen LogP contribution in [0.15, 0.2) is 35.4 Å². The van der Waals surface area contributed by atoms with Crippen molar-refractivity contribution in [2.75, 3.05) is 18.2 Å². The van der Waals surface area contributed by atoms with Gasteiger partial charge in [-0.05, 0) is 18.9 Å². The van der Waals surface area contributed by atoms with Crippen molar-refractivity contribution >= 4 is 17.9 Å². The molecule has 0 bridgehead atoms. The van der Waals surface area contributed by atoms with Crippen LogP contribution < -0.4 is 11.1 Å². The van der Waals surface area contributed by atoms with E-state index in [1.807, 2.05) is 6.08 Å². The average molecular weight is 245 g/mol. The van der Waals surface area contributed by atoms with E-state index in [1.165, 1.54) is 19.7 Å². The summed E-state index contributed by atoms with van der Waals surface area (Å²) in [5, 5.41) is 6.89. The molecule has 1 aromatic heterocycles. The lowest BCUT2D eigenvalue weighted by molar-refractivity contribution is 0.215. The third kappa shape index (κ3) is 2.85. The Morgan fingerprint density at radius 2 is 2.33 bits per heavy atom. The lowest BCUT2D eigenvalue weighted by atomic mass is 10.1. The second kappa shape index (κ2) is 5.81. The van der Waals surface area contributed by atoms with Crippen LogP contribution in [0.2, 0.25) is 0 Å². The van der Waals surface area contributed by atoms with Crippen LogP contribution >= 0.6 is 0 Å². The number of nitrogens with two attached hydrogens (primary N) is 1. The number of hydrogen-bond donors (Lipinski definition) is 2. The first-order chi connectivity index (χ1) is 8.81. The third-order valence-electron chi connectivity index (χ3n) is 2.46. The molecule has 0 aromatic carbocycles. The largest absolute Gasteiger partial charge is 0.399 e. The summed E-state index contributed by atoms with van der Waals surface area (Å²) in [6.45, 7) is 0. The maximum absolute atomic E-state index is 5.79. The molecule has 2 rings (SSSR count). The Bertz CT molecular complexity index is 507. The lowest BCUT2D eigenvalue weighted by Crippen LogP contribution is -2.08. The minimum Gasteiger partial charge on any atom is -0.399 e. The van der Waals surface area contributed by atoms with Gasteiger partial charge < -0.3 is 15.9 Å². The smallest absolute Gasteiger partial charge is 0.144 e. The first kappa shape index (κ1) is 12.1. The summed E-state index contributed by atoms with van der Waals surface area (Å²) < 4.78 is 0. The number of nitrogen functional groups attached to an aromatic ring is 1. The molecule has 0 unspecified atom stereocenters. The molecule has 3 N–H and O–H groups in total. The van der Waals surface area contributed by atoms with Crippen molar-refractivity contribution in [2.45, 2.75) is 12.8 Å². The van der Waals surface area contributed by atoms with Crippen LogP contribution in [0.25, 0.3) is 0 Å². The number of nitrogens with one attached hydrogen (secondary N) is 1. The zero-order chi connectivity index (χ0) is 12.8. The standard InChI is InChI=1S/C12H15N5O/c1-18-16-7-10-11(13)14-8-15-12(10)17-9-5-3-2-4-6-9/h3,5-8H,2,4H2,1H3,(H3,13,14,15,17). The van der Waals surface area contributed by atoms with E-state index in [-0.39, 0.29) is 0 Å². The van der Waals surface area contributed by atoms with E-state index in [9.17, 15) is 0 Å². The fraction of sp³-hybridized carbons (Fsp3) is 0.250. The Kier molecular flexibility index (Phi) is 3.90. The number of allylic oxidation sites excluding steroid dienone is 3. The lowest BCUT2D eigenvalue weighted by Gasteiger charge is -2.12. The Morgan fingerprint density at radius 3 is 3.06 bits per heavy atom. The maximum atomic E-state index is 5.79. The molecule has 6 nitrogen and oxygen atoms in total. The van der Waals surface area contributed by atoms with Crippen LogP contribution in [0, 0.1) is 0 Å². The van der Waals surface area contributed by atoms with E-state index in [1.54, 1.807) is 0 Å². The van der Waals surface area contributed by atoms with Crippen molar-refractivity contribution in [3.8, 4) is 0 Å². The number of anilines is 2. The van der Waals surface area contributed by atoms with Crippen LogP contribution in [0.5, 0.6) is 0 Å². The fourth-order valence-electron chi connectivity index (χ4n) is 1.58. The highest BCUT2D eigenvalue weighted by atomic mass is 16.6. The molecule has 0 amide bonds. The quantitative estimate of drug-likeness (QED) is 0.622. The van der Waals surface area contributed by atoms with Crippen molar-refractivity contribution < 1.29 is 4.84 Å². The summed E-state index contributed by atoms with van der Waals surface area (Å²) in [5.41, 5.74) is 7.39. The van der Waals surface area contributed by atoms with Gasteiger partial charge in [-0.25, -0.2) is 9.97 Å². The highest BCUT2D eigenvalue weighted by Crippen LogP contribution is 2.18. The zero-order valence-electron chi connectivity index (χ0n) is 10.1. The predicted molar refractivity (Wildman–Crippen MR) is 71.1 cm³/mol. The minimum atomic E-state index is 0.355. The van der Waals surface area contributed by atoms with E-state index >= 15 is 0 Å².